The standard InChI is InChI=1S/C26H25FN2O2/c1-17-8-6-10-19(14-17)21-16-29(3)25(31)26(21,20-11-7-9-18(2)15-20)24(30)28-23-13-5-4-12-22(23)27/h4-15,21H,16H2,1-3H3,(H,28,30). The normalized spacial score (nSPS) is 20.7. The molecule has 3 aromatic rings. The largest absolute Gasteiger partial charge is 0.344 e. The number of carbonyl (C=O) groups excluding carboxylic acids is 2. The molecule has 1 fully saturated rings. The summed E-state index contributed by atoms with van der Waals surface area (Å²) in [5.41, 5.74) is 2.07. The Morgan fingerprint density at radius 3 is 2.35 bits per heavy atom. The van der Waals surface area contributed by atoms with Gasteiger partial charge >= 0.3 is 0 Å². The van der Waals surface area contributed by atoms with Gasteiger partial charge in [-0.1, -0.05) is 71.8 Å². The lowest BCUT2D eigenvalue weighted by Crippen LogP contribution is -2.49. The van der Waals surface area contributed by atoms with Crippen LogP contribution < -0.4 is 5.32 Å². The van der Waals surface area contributed by atoms with Gasteiger partial charge in [0.2, 0.25) is 11.8 Å². The summed E-state index contributed by atoms with van der Waals surface area (Å²) in [7, 11) is 1.71. The first-order chi connectivity index (χ1) is 14.8. The van der Waals surface area contributed by atoms with Crippen molar-refractivity contribution in [2.24, 2.45) is 0 Å². The number of hydrogen-bond acceptors (Lipinski definition) is 2. The minimum Gasteiger partial charge on any atom is -0.344 e. The Morgan fingerprint density at radius 1 is 1.00 bits per heavy atom. The highest BCUT2D eigenvalue weighted by atomic mass is 19.1. The number of halogens is 1. The Bertz CT molecular complexity index is 1160. The van der Waals surface area contributed by atoms with E-state index in [1.54, 1.807) is 24.1 Å². The van der Waals surface area contributed by atoms with Crippen molar-refractivity contribution in [2.45, 2.75) is 25.2 Å². The fraction of sp³-hybridized carbons (Fsp3) is 0.231. The number of carbonyl (C=O) groups is 2. The lowest BCUT2D eigenvalue weighted by atomic mass is 9.68. The van der Waals surface area contributed by atoms with Gasteiger partial charge in [-0.3, -0.25) is 9.59 Å². The van der Waals surface area contributed by atoms with Crippen LogP contribution in [-0.2, 0) is 15.0 Å². The van der Waals surface area contributed by atoms with Crippen LogP contribution in [0.3, 0.4) is 0 Å². The lowest BCUT2D eigenvalue weighted by molar-refractivity contribution is -0.137. The van der Waals surface area contributed by atoms with Gasteiger partial charge in [0.1, 0.15) is 5.82 Å². The predicted octanol–water partition coefficient (Wildman–Crippen LogP) is 4.57. The third kappa shape index (κ3) is 3.50. The molecule has 0 saturated carbocycles. The second-order valence-corrected chi connectivity index (χ2v) is 8.26. The molecular weight excluding hydrogens is 391 g/mol. The maximum absolute atomic E-state index is 14.4. The topological polar surface area (TPSA) is 49.4 Å². The summed E-state index contributed by atoms with van der Waals surface area (Å²) in [6, 6.07) is 21.3. The highest BCUT2D eigenvalue weighted by Gasteiger charge is 2.60. The fourth-order valence-corrected chi connectivity index (χ4v) is 4.57. The maximum atomic E-state index is 14.4. The molecule has 0 radical (unpaired) electrons. The number of nitrogens with one attached hydrogen (secondary N) is 1. The highest BCUT2D eigenvalue weighted by molar-refractivity contribution is 6.18. The van der Waals surface area contributed by atoms with Gasteiger partial charge in [-0.2, -0.15) is 0 Å². The third-order valence-electron chi connectivity index (χ3n) is 6.06. The van der Waals surface area contributed by atoms with Crippen LogP contribution in [-0.4, -0.2) is 30.3 Å². The van der Waals surface area contributed by atoms with Gasteiger partial charge in [0.15, 0.2) is 5.41 Å². The van der Waals surface area contributed by atoms with E-state index in [4.69, 9.17) is 0 Å². The number of para-hydroxylation sites is 1. The van der Waals surface area contributed by atoms with Crippen LogP contribution in [0.25, 0.3) is 0 Å². The summed E-state index contributed by atoms with van der Waals surface area (Å²) in [5, 5.41) is 2.71. The second kappa shape index (κ2) is 7.99. The van der Waals surface area contributed by atoms with E-state index in [2.05, 4.69) is 5.32 Å². The molecule has 1 aliphatic rings. The van der Waals surface area contributed by atoms with E-state index in [9.17, 15) is 14.0 Å². The van der Waals surface area contributed by atoms with Gasteiger partial charge in [0, 0.05) is 19.5 Å². The zero-order chi connectivity index (χ0) is 22.2. The molecule has 2 atom stereocenters. The molecule has 1 N–H and O–H groups in total. The van der Waals surface area contributed by atoms with Crippen LogP contribution in [0, 0.1) is 19.7 Å². The summed E-state index contributed by atoms with van der Waals surface area (Å²) < 4.78 is 14.4. The number of likely N-dealkylation sites (tertiary alicyclic amines) is 1. The summed E-state index contributed by atoms with van der Waals surface area (Å²) in [4.78, 5) is 29.2. The van der Waals surface area contributed by atoms with Gasteiger partial charge in [-0.15, -0.1) is 0 Å². The molecule has 0 bridgehead atoms. The number of rotatable bonds is 4. The van der Waals surface area contributed by atoms with E-state index >= 15 is 0 Å². The Morgan fingerprint density at radius 2 is 1.68 bits per heavy atom. The number of hydrogen-bond donors (Lipinski definition) is 1. The van der Waals surface area contributed by atoms with E-state index in [1.807, 2.05) is 62.4 Å². The Balaban J connectivity index is 1.93. The van der Waals surface area contributed by atoms with Crippen LogP contribution in [0.5, 0.6) is 0 Å². The smallest absolute Gasteiger partial charge is 0.245 e. The molecule has 3 aromatic carbocycles. The Hall–Kier alpha value is -3.47. The zero-order valence-corrected chi connectivity index (χ0v) is 17.9. The van der Waals surface area contributed by atoms with Crippen molar-refractivity contribution in [1.29, 1.82) is 0 Å². The molecule has 4 nitrogen and oxygen atoms in total. The number of nitrogens with zero attached hydrogens (tertiary/aromatic N) is 1. The quantitative estimate of drug-likeness (QED) is 0.633. The van der Waals surface area contributed by atoms with Crippen molar-refractivity contribution in [2.75, 3.05) is 18.9 Å². The van der Waals surface area contributed by atoms with Crippen molar-refractivity contribution >= 4 is 17.5 Å². The van der Waals surface area contributed by atoms with Gasteiger partial charge in [0.05, 0.1) is 5.69 Å². The van der Waals surface area contributed by atoms with Crippen molar-refractivity contribution in [1.82, 2.24) is 4.90 Å². The van der Waals surface area contributed by atoms with E-state index in [0.717, 1.165) is 16.7 Å². The average Bonchev–Trinajstić information content (AvgIpc) is 3.01. The number of anilines is 1. The SMILES string of the molecule is Cc1cccc(C2CN(C)C(=O)C2(C(=O)Nc2ccccc2F)c2cccc(C)c2)c1. The molecule has 1 saturated heterocycles. The third-order valence-corrected chi connectivity index (χ3v) is 6.06. The summed E-state index contributed by atoms with van der Waals surface area (Å²) in [6.07, 6.45) is 0. The molecular formula is C26H25FN2O2. The van der Waals surface area contributed by atoms with E-state index in [1.165, 1.54) is 12.1 Å². The van der Waals surface area contributed by atoms with Crippen LogP contribution in [0.15, 0.2) is 72.8 Å². The van der Waals surface area contributed by atoms with Crippen LogP contribution in [0.4, 0.5) is 10.1 Å². The predicted molar refractivity (Wildman–Crippen MR) is 119 cm³/mol. The van der Waals surface area contributed by atoms with Gasteiger partial charge in [-0.05, 0) is 37.1 Å². The van der Waals surface area contributed by atoms with Crippen LogP contribution in [0.2, 0.25) is 0 Å². The summed E-state index contributed by atoms with van der Waals surface area (Å²) >= 11 is 0. The minimum absolute atomic E-state index is 0.0601. The molecule has 4 rings (SSSR count). The molecule has 0 aliphatic carbocycles. The molecule has 1 aliphatic heterocycles. The highest BCUT2D eigenvalue weighted by Crippen LogP contribution is 2.47. The molecule has 2 amide bonds. The Kier molecular flexibility index (Phi) is 5.36. The maximum Gasteiger partial charge on any atom is 0.245 e. The summed E-state index contributed by atoms with van der Waals surface area (Å²) in [6.45, 7) is 4.30. The fourth-order valence-electron chi connectivity index (χ4n) is 4.57. The molecule has 158 valence electrons. The first kappa shape index (κ1) is 20.8. The van der Waals surface area contributed by atoms with Gasteiger partial charge < -0.3 is 10.2 Å². The number of aryl methyl sites for hydroxylation is 2. The van der Waals surface area contributed by atoms with Crippen molar-refractivity contribution in [3.63, 3.8) is 0 Å². The molecule has 0 spiro atoms. The van der Waals surface area contributed by atoms with Crippen LogP contribution in [0.1, 0.15) is 28.2 Å². The molecule has 31 heavy (non-hydrogen) atoms. The van der Waals surface area contributed by atoms with Crippen molar-refractivity contribution in [3.05, 3.63) is 101 Å². The van der Waals surface area contributed by atoms with Crippen molar-refractivity contribution < 1.29 is 14.0 Å². The number of benzene rings is 3. The number of amides is 2. The van der Waals surface area contributed by atoms with E-state index in [0.29, 0.717) is 12.1 Å². The minimum atomic E-state index is -1.50. The van der Waals surface area contributed by atoms with Gasteiger partial charge in [0.25, 0.3) is 0 Å². The average molecular weight is 416 g/mol. The monoisotopic (exact) mass is 416 g/mol. The van der Waals surface area contributed by atoms with Crippen molar-refractivity contribution in [3.8, 4) is 0 Å². The molecule has 2 unspecified atom stereocenters. The first-order valence-corrected chi connectivity index (χ1v) is 10.3. The number of likely N-dealkylation sites (N-methyl/N-ethyl adjacent to an activating group) is 1. The molecule has 1 heterocycles. The van der Waals surface area contributed by atoms with E-state index < -0.39 is 23.1 Å². The Labute approximate surface area is 181 Å². The summed E-state index contributed by atoms with van der Waals surface area (Å²) in [5.74, 6) is -1.78. The second-order valence-electron chi connectivity index (χ2n) is 8.26. The van der Waals surface area contributed by atoms with E-state index in [-0.39, 0.29) is 11.6 Å². The molecule has 0 aromatic heterocycles. The zero-order valence-electron chi connectivity index (χ0n) is 17.9. The first-order valence-electron chi connectivity index (χ1n) is 10.3. The molecule has 5 heteroatoms. The lowest BCUT2D eigenvalue weighted by Gasteiger charge is -2.32. The van der Waals surface area contributed by atoms with Crippen LogP contribution >= 0.6 is 0 Å². The van der Waals surface area contributed by atoms with Gasteiger partial charge in [-0.25, -0.2) is 4.39 Å².